The summed E-state index contributed by atoms with van der Waals surface area (Å²) < 4.78 is 5.61. The molecule has 0 aliphatic heterocycles. The van der Waals surface area contributed by atoms with E-state index < -0.39 is 0 Å². The van der Waals surface area contributed by atoms with Gasteiger partial charge in [-0.1, -0.05) is 19.1 Å². The van der Waals surface area contributed by atoms with Crippen LogP contribution in [-0.2, 0) is 11.3 Å². The lowest BCUT2D eigenvalue weighted by molar-refractivity contribution is 0.276. The quantitative estimate of drug-likeness (QED) is 0.394. The van der Waals surface area contributed by atoms with Gasteiger partial charge in [-0.15, -0.1) is 0 Å². The lowest BCUT2D eigenvalue weighted by Gasteiger charge is -2.26. The van der Waals surface area contributed by atoms with E-state index in [0.717, 1.165) is 53.4 Å². The number of nitrogens with two attached hydrogens (primary N) is 1. The van der Waals surface area contributed by atoms with Gasteiger partial charge in [0.15, 0.2) is 5.65 Å². The van der Waals surface area contributed by atoms with Crippen LogP contribution in [0.25, 0.3) is 33.3 Å². The zero-order valence-corrected chi connectivity index (χ0v) is 19.6. The van der Waals surface area contributed by atoms with Gasteiger partial charge >= 0.3 is 0 Å². The lowest BCUT2D eigenvalue weighted by atomic mass is 9.91. The molecule has 7 nitrogen and oxygen atoms in total. The Morgan fingerprint density at radius 3 is 2.82 bits per heavy atom. The molecule has 0 amide bonds. The Kier molecular flexibility index (Phi) is 5.42. The summed E-state index contributed by atoms with van der Waals surface area (Å²) in [5.41, 5.74) is 13.3. The second kappa shape index (κ2) is 8.41. The third-order valence-corrected chi connectivity index (χ3v) is 6.36. The number of rotatable bonds is 6. The van der Waals surface area contributed by atoms with Crippen LogP contribution >= 0.6 is 0 Å². The number of nitrogens with zero attached hydrogens (tertiary/aromatic N) is 3. The highest BCUT2D eigenvalue weighted by atomic mass is 16.5. The van der Waals surface area contributed by atoms with E-state index >= 15 is 0 Å². The van der Waals surface area contributed by atoms with Gasteiger partial charge in [0, 0.05) is 35.2 Å². The van der Waals surface area contributed by atoms with Crippen LogP contribution < -0.4 is 5.73 Å². The third kappa shape index (κ3) is 4.12. The van der Waals surface area contributed by atoms with E-state index in [9.17, 15) is 0 Å². The summed E-state index contributed by atoms with van der Waals surface area (Å²) in [6, 6.07) is 10.6. The molecule has 1 aromatic carbocycles. The number of H-pyrrole nitrogens is 2. The first-order valence-electron chi connectivity index (χ1n) is 11.3. The molecule has 1 unspecified atom stereocenters. The number of aromatic amines is 2. The molecule has 0 bridgehead atoms. The molecule has 0 fully saturated rings. The number of aromatic nitrogens is 4. The van der Waals surface area contributed by atoms with Crippen LogP contribution in [0.4, 0.5) is 5.82 Å². The average molecular weight is 443 g/mol. The largest absolute Gasteiger partial charge is 0.497 e. The first-order valence-corrected chi connectivity index (χ1v) is 11.3. The molecule has 0 spiro atoms. The average Bonchev–Trinajstić information content (AvgIpc) is 3.36. The van der Waals surface area contributed by atoms with Crippen LogP contribution in [0.2, 0.25) is 0 Å². The number of likely N-dealkylation sites (N-methyl/N-ethyl adjacent to an activating group) is 1. The number of pyridine rings is 1. The molecule has 3 aromatic heterocycles. The van der Waals surface area contributed by atoms with Crippen molar-refractivity contribution in [3.05, 3.63) is 65.2 Å². The van der Waals surface area contributed by atoms with Crippen molar-refractivity contribution in [2.24, 2.45) is 5.92 Å². The molecule has 1 atom stereocenters. The normalized spacial score (nSPS) is 16.5. The molecule has 170 valence electrons. The number of nitrogens with one attached hydrogen (secondary N) is 2. The van der Waals surface area contributed by atoms with E-state index in [1.165, 1.54) is 16.5 Å². The van der Waals surface area contributed by atoms with Crippen molar-refractivity contribution in [2.45, 2.75) is 26.8 Å². The van der Waals surface area contributed by atoms with Gasteiger partial charge in [-0.25, -0.2) is 9.97 Å². The minimum absolute atomic E-state index is 0.460. The van der Waals surface area contributed by atoms with Crippen molar-refractivity contribution in [3.8, 4) is 11.3 Å². The van der Waals surface area contributed by atoms with Gasteiger partial charge in [-0.2, -0.15) is 0 Å². The molecule has 3 heterocycles. The van der Waals surface area contributed by atoms with Crippen LogP contribution in [0, 0.1) is 12.8 Å². The zero-order chi connectivity index (χ0) is 23.1. The molecule has 1 aliphatic carbocycles. The van der Waals surface area contributed by atoms with E-state index in [4.69, 9.17) is 10.5 Å². The molecular weight excluding hydrogens is 412 g/mol. The van der Waals surface area contributed by atoms with Crippen molar-refractivity contribution in [3.63, 3.8) is 0 Å². The number of imidazole rings is 1. The molecule has 0 saturated heterocycles. The molecule has 4 N–H and O–H groups in total. The zero-order valence-electron chi connectivity index (χ0n) is 19.6. The topological polar surface area (TPSA) is 95.8 Å². The van der Waals surface area contributed by atoms with Gasteiger partial charge in [0.25, 0.3) is 0 Å². The minimum Gasteiger partial charge on any atom is -0.497 e. The minimum atomic E-state index is 0.460. The van der Waals surface area contributed by atoms with E-state index in [0.29, 0.717) is 17.4 Å². The van der Waals surface area contributed by atoms with Crippen LogP contribution in [0.15, 0.2) is 53.8 Å². The molecule has 5 rings (SSSR count). The predicted molar refractivity (Wildman–Crippen MR) is 134 cm³/mol. The molecule has 0 radical (unpaired) electrons. The van der Waals surface area contributed by atoms with E-state index in [-0.39, 0.29) is 0 Å². The molecule has 0 saturated carbocycles. The second-order valence-electron chi connectivity index (χ2n) is 9.03. The fourth-order valence-electron chi connectivity index (χ4n) is 4.72. The molecular formula is C26H30N6O. The maximum atomic E-state index is 6.05. The maximum Gasteiger partial charge on any atom is 0.180 e. The first kappa shape index (κ1) is 21.3. The maximum absolute atomic E-state index is 6.05. The Hall–Kier alpha value is -3.58. The summed E-state index contributed by atoms with van der Waals surface area (Å²) in [6.45, 7) is 5.94. The first-order chi connectivity index (χ1) is 15.9. The smallest absolute Gasteiger partial charge is 0.180 e. The van der Waals surface area contributed by atoms with Gasteiger partial charge < -0.3 is 20.4 Å². The summed E-state index contributed by atoms with van der Waals surface area (Å²) >= 11 is 0. The number of aryl methyl sites for hydroxylation is 1. The molecule has 33 heavy (non-hydrogen) atoms. The third-order valence-electron chi connectivity index (χ3n) is 6.36. The van der Waals surface area contributed by atoms with Crippen LogP contribution in [0.1, 0.15) is 24.7 Å². The highest BCUT2D eigenvalue weighted by molar-refractivity contribution is 5.95. The van der Waals surface area contributed by atoms with Gasteiger partial charge in [-0.05, 0) is 67.8 Å². The second-order valence-corrected chi connectivity index (χ2v) is 9.03. The summed E-state index contributed by atoms with van der Waals surface area (Å²) in [5, 5.41) is 1.17. The molecule has 7 heteroatoms. The Bertz CT molecular complexity index is 1390. The Balaban J connectivity index is 1.41. The number of anilines is 1. The van der Waals surface area contributed by atoms with Crippen molar-refractivity contribution in [1.29, 1.82) is 0 Å². The number of allylic oxidation sites excluding steroid dienone is 2. The number of ether oxygens (including phenoxy) is 1. The van der Waals surface area contributed by atoms with E-state index in [2.05, 4.69) is 75.2 Å². The monoisotopic (exact) mass is 442 g/mol. The molecule has 4 aromatic rings. The van der Waals surface area contributed by atoms with Crippen molar-refractivity contribution >= 4 is 27.9 Å². The molecule has 1 aliphatic rings. The number of fused-ring (bicyclic) bond motifs is 2. The summed E-state index contributed by atoms with van der Waals surface area (Å²) in [5.74, 6) is 2.78. The van der Waals surface area contributed by atoms with Crippen LogP contribution in [0.3, 0.4) is 0 Å². The number of methoxy groups -OCH3 is 1. The highest BCUT2D eigenvalue weighted by Gasteiger charge is 2.19. The van der Waals surface area contributed by atoms with Gasteiger partial charge in [0.1, 0.15) is 17.4 Å². The van der Waals surface area contributed by atoms with Crippen molar-refractivity contribution < 1.29 is 4.74 Å². The predicted octanol–water partition coefficient (Wildman–Crippen LogP) is 4.93. The highest BCUT2D eigenvalue weighted by Crippen LogP contribution is 2.31. The Labute approximate surface area is 193 Å². The fourth-order valence-corrected chi connectivity index (χ4v) is 4.72. The van der Waals surface area contributed by atoms with Crippen molar-refractivity contribution in [1.82, 2.24) is 24.8 Å². The summed E-state index contributed by atoms with van der Waals surface area (Å²) in [7, 11) is 3.92. The summed E-state index contributed by atoms with van der Waals surface area (Å²) in [4.78, 5) is 18.0. The number of nitrogen functional groups attached to an aromatic ring is 1. The summed E-state index contributed by atoms with van der Waals surface area (Å²) in [6.07, 6.45) is 5.36. The van der Waals surface area contributed by atoms with Crippen molar-refractivity contribution in [2.75, 3.05) is 26.4 Å². The van der Waals surface area contributed by atoms with Crippen LogP contribution in [0.5, 0.6) is 0 Å². The van der Waals surface area contributed by atoms with E-state index in [1.54, 1.807) is 7.11 Å². The van der Waals surface area contributed by atoms with E-state index in [1.807, 2.05) is 13.0 Å². The SMILES string of the molecule is COC1=C(CN(C)Cc2ccc3[nH]c(-c4cc(N)nc5nc(C)[nH]c45)cc3c2)C(C)CC=C1. The van der Waals surface area contributed by atoms with Gasteiger partial charge in [0.2, 0.25) is 0 Å². The fraction of sp³-hybridized carbons (Fsp3) is 0.308. The van der Waals surface area contributed by atoms with Crippen LogP contribution in [-0.4, -0.2) is 45.5 Å². The number of benzene rings is 1. The standard InChI is InChI=1S/C26H30N6O/c1-15-6-5-7-23(33-4)20(15)14-32(3)13-17-8-9-21-18(10-17)11-22(30-21)19-12-24(27)31-26-25(19)28-16(2)29-26/h5,7-12,15,30H,6,13-14H2,1-4H3,(H3,27,28,29,31). The van der Waals surface area contributed by atoms with Gasteiger partial charge in [-0.3, -0.25) is 4.90 Å². The number of hydrogen-bond donors (Lipinski definition) is 3. The lowest BCUT2D eigenvalue weighted by Crippen LogP contribution is -2.25. The van der Waals surface area contributed by atoms with Gasteiger partial charge in [0.05, 0.1) is 12.6 Å². The number of hydrogen-bond acceptors (Lipinski definition) is 5. The Morgan fingerprint density at radius 1 is 1.15 bits per heavy atom. The Morgan fingerprint density at radius 2 is 2.00 bits per heavy atom.